The average molecular weight is 178 g/mol. The Morgan fingerprint density at radius 3 is 1.92 bits per heavy atom. The van der Waals surface area contributed by atoms with Gasteiger partial charge in [0.15, 0.2) is 0 Å². The minimum atomic E-state index is 0.704. The van der Waals surface area contributed by atoms with Crippen molar-refractivity contribution in [2.45, 2.75) is 47.0 Å². The van der Waals surface area contributed by atoms with Crippen LogP contribution in [0, 0.1) is 6.92 Å². The molecule has 1 aromatic carbocycles. The third-order valence-corrected chi connectivity index (χ3v) is 2.26. The van der Waals surface area contributed by atoms with E-state index in [1.165, 1.54) is 17.5 Å². The Morgan fingerprint density at radius 2 is 1.54 bits per heavy atom. The molecule has 1 atom stereocenters. The zero-order valence-corrected chi connectivity index (χ0v) is 9.59. The molecule has 0 heterocycles. The molecule has 0 aliphatic rings. The van der Waals surface area contributed by atoms with Crippen LogP contribution in [0.1, 0.15) is 51.2 Å². The zero-order valence-electron chi connectivity index (χ0n) is 9.59. The van der Waals surface area contributed by atoms with Gasteiger partial charge < -0.3 is 0 Å². The fourth-order valence-electron chi connectivity index (χ4n) is 1.13. The van der Waals surface area contributed by atoms with E-state index >= 15 is 0 Å². The first-order valence-corrected chi connectivity index (χ1v) is 5.30. The average Bonchev–Trinajstić information content (AvgIpc) is 2.21. The van der Waals surface area contributed by atoms with Crippen molar-refractivity contribution in [3.8, 4) is 0 Å². The van der Waals surface area contributed by atoms with Gasteiger partial charge in [0.25, 0.3) is 0 Å². The molecule has 0 unspecified atom stereocenters. The highest BCUT2D eigenvalue weighted by Crippen LogP contribution is 2.18. The van der Waals surface area contributed by atoms with Crippen LogP contribution in [0.3, 0.4) is 0 Å². The van der Waals surface area contributed by atoms with E-state index in [4.69, 9.17) is 0 Å². The van der Waals surface area contributed by atoms with Crippen LogP contribution in [-0.4, -0.2) is 0 Å². The van der Waals surface area contributed by atoms with E-state index < -0.39 is 0 Å². The van der Waals surface area contributed by atoms with Gasteiger partial charge in [0.2, 0.25) is 0 Å². The number of hydrogen-bond acceptors (Lipinski definition) is 0. The molecule has 0 saturated carbocycles. The maximum atomic E-state index is 2.27. The van der Waals surface area contributed by atoms with E-state index in [9.17, 15) is 0 Å². The summed E-state index contributed by atoms with van der Waals surface area (Å²) in [5.74, 6) is 0.704. The Morgan fingerprint density at radius 1 is 1.08 bits per heavy atom. The number of rotatable bonds is 2. The standard InChI is InChI=1S/C11H16.C2H6/c1-4-10(3)11-7-5-9(2)6-8-11;1-2/h5-8,10H,4H2,1-3H3;1-2H3/t10-;/m0./s1. The quantitative estimate of drug-likeness (QED) is 0.624. The van der Waals surface area contributed by atoms with Gasteiger partial charge in [-0.1, -0.05) is 57.5 Å². The highest BCUT2D eigenvalue weighted by Gasteiger charge is 2.00. The van der Waals surface area contributed by atoms with Crippen LogP contribution in [0.15, 0.2) is 24.3 Å². The van der Waals surface area contributed by atoms with Crippen LogP contribution in [0.4, 0.5) is 0 Å². The van der Waals surface area contributed by atoms with Crippen molar-refractivity contribution in [1.29, 1.82) is 0 Å². The molecule has 0 fully saturated rings. The Labute approximate surface area is 83.0 Å². The molecule has 0 bridgehead atoms. The molecule has 1 rings (SSSR count). The minimum Gasteiger partial charge on any atom is -0.0683 e. The molecule has 1 aromatic rings. The van der Waals surface area contributed by atoms with Gasteiger partial charge in [0.1, 0.15) is 0 Å². The van der Waals surface area contributed by atoms with E-state index in [1.807, 2.05) is 13.8 Å². The van der Waals surface area contributed by atoms with Gasteiger partial charge in [-0.05, 0) is 24.8 Å². The van der Waals surface area contributed by atoms with Crippen molar-refractivity contribution in [3.05, 3.63) is 35.4 Å². The van der Waals surface area contributed by atoms with Gasteiger partial charge >= 0.3 is 0 Å². The predicted molar refractivity (Wildman–Crippen MR) is 61.2 cm³/mol. The second-order valence-corrected chi connectivity index (χ2v) is 3.22. The van der Waals surface area contributed by atoms with Gasteiger partial charge in [0, 0.05) is 0 Å². The van der Waals surface area contributed by atoms with Crippen LogP contribution in [0.25, 0.3) is 0 Å². The van der Waals surface area contributed by atoms with E-state index in [0.29, 0.717) is 5.92 Å². The van der Waals surface area contributed by atoms with Gasteiger partial charge in [-0.2, -0.15) is 0 Å². The third-order valence-electron chi connectivity index (χ3n) is 2.26. The Hall–Kier alpha value is -0.780. The van der Waals surface area contributed by atoms with Crippen LogP contribution in [0.5, 0.6) is 0 Å². The molecule has 0 amide bonds. The number of benzene rings is 1. The summed E-state index contributed by atoms with van der Waals surface area (Å²) in [6.07, 6.45) is 1.23. The Bertz CT molecular complexity index is 208. The first-order chi connectivity index (χ1) is 6.24. The topological polar surface area (TPSA) is 0 Å². The molecule has 0 aliphatic heterocycles. The fourth-order valence-corrected chi connectivity index (χ4v) is 1.13. The molecule has 0 nitrogen and oxygen atoms in total. The van der Waals surface area contributed by atoms with Gasteiger partial charge in [-0.3, -0.25) is 0 Å². The largest absolute Gasteiger partial charge is 0.0683 e. The molecule has 0 heteroatoms. The number of hydrogen-bond donors (Lipinski definition) is 0. The highest BCUT2D eigenvalue weighted by molar-refractivity contribution is 5.23. The molecule has 13 heavy (non-hydrogen) atoms. The third kappa shape index (κ3) is 4.12. The van der Waals surface area contributed by atoms with E-state index in [-0.39, 0.29) is 0 Å². The Balaban J connectivity index is 0.000000671. The summed E-state index contributed by atoms with van der Waals surface area (Å²) in [5.41, 5.74) is 2.80. The van der Waals surface area contributed by atoms with Crippen molar-refractivity contribution in [1.82, 2.24) is 0 Å². The zero-order chi connectivity index (χ0) is 10.3. The summed E-state index contributed by atoms with van der Waals surface area (Å²) in [6.45, 7) is 10.6. The lowest BCUT2D eigenvalue weighted by atomic mass is 9.98. The second kappa shape index (κ2) is 6.71. The van der Waals surface area contributed by atoms with Crippen LogP contribution < -0.4 is 0 Å². The molecule has 0 radical (unpaired) electrons. The monoisotopic (exact) mass is 178 g/mol. The summed E-state index contributed by atoms with van der Waals surface area (Å²) in [6, 6.07) is 8.82. The summed E-state index contributed by atoms with van der Waals surface area (Å²) in [7, 11) is 0. The lowest BCUT2D eigenvalue weighted by Gasteiger charge is -2.07. The smallest absolute Gasteiger partial charge is 0.0193 e. The first-order valence-electron chi connectivity index (χ1n) is 5.30. The lowest BCUT2D eigenvalue weighted by molar-refractivity contribution is 0.733. The van der Waals surface area contributed by atoms with Crippen molar-refractivity contribution in [3.63, 3.8) is 0 Å². The van der Waals surface area contributed by atoms with E-state index in [1.54, 1.807) is 0 Å². The summed E-state index contributed by atoms with van der Waals surface area (Å²) in [5, 5.41) is 0. The normalized spacial score (nSPS) is 11.5. The molecule has 0 N–H and O–H groups in total. The van der Waals surface area contributed by atoms with Gasteiger partial charge in [-0.15, -0.1) is 0 Å². The molecule has 74 valence electrons. The molecule has 0 aliphatic carbocycles. The molecule has 0 spiro atoms. The highest BCUT2D eigenvalue weighted by atomic mass is 14.0. The van der Waals surface area contributed by atoms with Crippen LogP contribution in [-0.2, 0) is 0 Å². The van der Waals surface area contributed by atoms with Crippen molar-refractivity contribution in [2.24, 2.45) is 0 Å². The molecular formula is C13H22. The lowest BCUT2D eigenvalue weighted by Crippen LogP contribution is -1.89. The van der Waals surface area contributed by atoms with Crippen molar-refractivity contribution < 1.29 is 0 Å². The minimum absolute atomic E-state index is 0.704. The van der Waals surface area contributed by atoms with Crippen molar-refractivity contribution >= 4 is 0 Å². The van der Waals surface area contributed by atoms with Crippen molar-refractivity contribution in [2.75, 3.05) is 0 Å². The maximum Gasteiger partial charge on any atom is -0.0193 e. The summed E-state index contributed by atoms with van der Waals surface area (Å²) in [4.78, 5) is 0. The van der Waals surface area contributed by atoms with Gasteiger partial charge in [-0.25, -0.2) is 0 Å². The number of aryl methyl sites for hydroxylation is 1. The second-order valence-electron chi connectivity index (χ2n) is 3.22. The Kier molecular flexibility index (Phi) is 6.30. The van der Waals surface area contributed by atoms with Crippen LogP contribution >= 0.6 is 0 Å². The molecule has 0 aromatic heterocycles. The molecule has 0 saturated heterocycles. The predicted octanol–water partition coefficient (Wildman–Crippen LogP) is 4.53. The summed E-state index contributed by atoms with van der Waals surface area (Å²) < 4.78 is 0. The summed E-state index contributed by atoms with van der Waals surface area (Å²) >= 11 is 0. The van der Waals surface area contributed by atoms with Gasteiger partial charge in [0.05, 0.1) is 0 Å². The SMILES string of the molecule is CC.CC[C@H](C)c1ccc(C)cc1. The molecular weight excluding hydrogens is 156 g/mol. The first kappa shape index (κ1) is 12.2. The van der Waals surface area contributed by atoms with E-state index in [0.717, 1.165) is 0 Å². The maximum absolute atomic E-state index is 2.27. The van der Waals surface area contributed by atoms with Crippen LogP contribution in [0.2, 0.25) is 0 Å². The fraction of sp³-hybridized carbons (Fsp3) is 0.538. The van der Waals surface area contributed by atoms with E-state index in [2.05, 4.69) is 45.0 Å².